The molecule has 0 radical (unpaired) electrons. The Labute approximate surface area is 217 Å². The Kier molecular flexibility index (Phi) is 7.19. The third-order valence-electron chi connectivity index (χ3n) is 5.63. The monoisotopic (exact) mass is 532 g/mol. The first-order chi connectivity index (χ1) is 16.6. The number of hydrogen-bond acceptors (Lipinski definition) is 5. The number of rotatable bonds is 6. The number of carbonyl (C=O) groups is 1. The van der Waals surface area contributed by atoms with Gasteiger partial charge in [0.15, 0.2) is 5.82 Å². The highest BCUT2D eigenvalue weighted by atomic mass is 35.5. The minimum atomic E-state index is -0.394. The maximum absolute atomic E-state index is 13.1. The summed E-state index contributed by atoms with van der Waals surface area (Å²) in [5.74, 6) is 0.511. The molecule has 8 nitrogen and oxygen atoms in total. The lowest BCUT2D eigenvalue weighted by Gasteiger charge is -2.16. The highest BCUT2D eigenvalue weighted by Gasteiger charge is 2.27. The largest absolute Gasteiger partial charge is 0.322 e. The fraction of sp³-hybridized carbons (Fsp3) is 0.250. The third-order valence-corrected chi connectivity index (χ3v) is 6.43. The highest BCUT2D eigenvalue weighted by Crippen LogP contribution is 2.36. The van der Waals surface area contributed by atoms with Crippen LogP contribution in [-0.4, -0.2) is 39.2 Å². The van der Waals surface area contributed by atoms with E-state index in [1.165, 1.54) is 4.90 Å². The van der Waals surface area contributed by atoms with Crippen molar-refractivity contribution >= 4 is 46.4 Å². The molecule has 35 heavy (non-hydrogen) atoms. The first-order valence-corrected chi connectivity index (χ1v) is 12.0. The molecule has 2 heterocycles. The van der Waals surface area contributed by atoms with Crippen molar-refractivity contribution in [3.05, 3.63) is 78.9 Å². The summed E-state index contributed by atoms with van der Waals surface area (Å²) in [5, 5.41) is 4.24. The maximum Gasteiger partial charge on any atom is 0.284 e. The molecule has 182 valence electrons. The maximum atomic E-state index is 13.1. The number of nitrogens with zero attached hydrogens (tertiary/aromatic N) is 4. The standard InChI is InChI=1S/C24H23Cl3N6O2/c1-12(2)21-20-23(33(31-21)22-16(26)9-14(25)10-17(22)27)29-18(30-24(20)35)8-13-4-6-15(7-5-13)32(3)19(34)11-28/h4-7,9-10,12,31H,8,11,28H2,1-3H3. The SMILES string of the molecule is CC(C)c1[nH]n(-c2c(Cl)cc(Cl)cc2Cl)c2nc(Cc3ccc(N(C)C(=O)CN)cc3)nc(=O)c1-2. The molecule has 2 aliphatic rings. The number of amides is 1. The molecule has 4 rings (SSSR count). The predicted octanol–water partition coefficient (Wildman–Crippen LogP) is 4.66. The number of fused-ring (bicyclic) bond motifs is 1. The summed E-state index contributed by atoms with van der Waals surface area (Å²) < 4.78 is 1.61. The highest BCUT2D eigenvalue weighted by molar-refractivity contribution is 6.40. The summed E-state index contributed by atoms with van der Waals surface area (Å²) >= 11 is 19.0. The van der Waals surface area contributed by atoms with Crippen molar-refractivity contribution in [3.8, 4) is 17.1 Å². The number of aromatic nitrogens is 4. The van der Waals surface area contributed by atoms with Crippen molar-refractivity contribution in [3.63, 3.8) is 0 Å². The molecule has 1 amide bonds. The summed E-state index contributed by atoms with van der Waals surface area (Å²) in [6.45, 7) is 3.85. The number of nitrogens with two attached hydrogens (primary N) is 1. The Bertz CT molecular complexity index is 1410. The van der Waals surface area contributed by atoms with E-state index >= 15 is 0 Å². The second-order valence-corrected chi connectivity index (χ2v) is 9.63. The lowest BCUT2D eigenvalue weighted by Crippen LogP contribution is -2.32. The van der Waals surface area contributed by atoms with Crippen LogP contribution in [0.4, 0.5) is 5.69 Å². The Morgan fingerprint density at radius 2 is 1.74 bits per heavy atom. The van der Waals surface area contributed by atoms with Crippen LogP contribution in [0.25, 0.3) is 17.1 Å². The van der Waals surface area contributed by atoms with Gasteiger partial charge in [-0.25, -0.2) is 9.67 Å². The van der Waals surface area contributed by atoms with Crippen molar-refractivity contribution in [1.82, 2.24) is 19.7 Å². The molecule has 0 spiro atoms. The smallest absolute Gasteiger partial charge is 0.284 e. The second-order valence-electron chi connectivity index (χ2n) is 8.38. The quantitative estimate of drug-likeness (QED) is 0.375. The zero-order valence-electron chi connectivity index (χ0n) is 19.3. The molecule has 0 fully saturated rings. The van der Waals surface area contributed by atoms with Gasteiger partial charge in [0.25, 0.3) is 5.56 Å². The molecule has 2 aliphatic heterocycles. The second kappa shape index (κ2) is 9.99. The average Bonchev–Trinajstić information content (AvgIpc) is 3.18. The number of benzene rings is 2. The van der Waals surface area contributed by atoms with Gasteiger partial charge in [-0.1, -0.05) is 60.8 Å². The topological polar surface area (TPSA) is 110 Å². The zero-order valence-corrected chi connectivity index (χ0v) is 21.5. The average molecular weight is 534 g/mol. The Morgan fingerprint density at radius 1 is 1.11 bits per heavy atom. The number of nitrogens with one attached hydrogen (secondary N) is 1. The molecule has 0 atom stereocenters. The van der Waals surface area contributed by atoms with E-state index in [1.807, 2.05) is 26.0 Å². The summed E-state index contributed by atoms with van der Waals surface area (Å²) in [7, 11) is 1.66. The van der Waals surface area contributed by atoms with E-state index < -0.39 is 5.56 Å². The summed E-state index contributed by atoms with van der Waals surface area (Å²) in [6.07, 6.45) is 0.310. The Morgan fingerprint density at radius 3 is 2.31 bits per heavy atom. The van der Waals surface area contributed by atoms with Crippen LogP contribution in [0.2, 0.25) is 15.1 Å². The van der Waals surface area contributed by atoms with Crippen LogP contribution in [-0.2, 0) is 11.2 Å². The van der Waals surface area contributed by atoms with E-state index in [-0.39, 0.29) is 18.4 Å². The molecule has 0 unspecified atom stereocenters. The van der Waals surface area contributed by atoms with E-state index in [9.17, 15) is 9.59 Å². The van der Waals surface area contributed by atoms with E-state index in [1.54, 1.807) is 36.0 Å². The lowest BCUT2D eigenvalue weighted by molar-refractivity contribution is -0.117. The van der Waals surface area contributed by atoms with Crippen LogP contribution in [0.3, 0.4) is 0 Å². The van der Waals surface area contributed by atoms with Gasteiger partial charge in [-0.2, -0.15) is 4.98 Å². The fourth-order valence-electron chi connectivity index (χ4n) is 3.81. The third kappa shape index (κ3) is 4.92. The van der Waals surface area contributed by atoms with E-state index in [0.717, 1.165) is 5.56 Å². The molecule has 3 N–H and O–H groups in total. The minimum absolute atomic E-state index is 0.00786. The summed E-state index contributed by atoms with van der Waals surface area (Å²) in [5.41, 5.74) is 8.12. The van der Waals surface area contributed by atoms with Crippen LogP contribution >= 0.6 is 34.8 Å². The molecule has 11 heteroatoms. The van der Waals surface area contributed by atoms with E-state index in [4.69, 9.17) is 45.5 Å². The van der Waals surface area contributed by atoms with E-state index in [0.29, 0.717) is 55.8 Å². The number of H-pyrrole nitrogens is 1. The molecular formula is C24H23Cl3N6O2. The molecular weight excluding hydrogens is 511 g/mol. The summed E-state index contributed by atoms with van der Waals surface area (Å²) in [6, 6.07) is 10.5. The number of anilines is 1. The normalized spacial score (nSPS) is 11.4. The molecule has 2 aromatic carbocycles. The van der Waals surface area contributed by atoms with E-state index in [2.05, 4.69) is 10.1 Å². The fourth-order valence-corrected chi connectivity index (χ4v) is 4.79. The van der Waals surface area contributed by atoms with Crippen molar-refractivity contribution in [1.29, 1.82) is 0 Å². The van der Waals surface area contributed by atoms with Gasteiger partial charge in [0.05, 0.1) is 22.3 Å². The van der Waals surface area contributed by atoms with Crippen LogP contribution in [0, 0.1) is 0 Å². The van der Waals surface area contributed by atoms with Gasteiger partial charge in [-0.15, -0.1) is 0 Å². The van der Waals surface area contributed by atoms with Gasteiger partial charge < -0.3 is 10.6 Å². The first-order valence-electron chi connectivity index (χ1n) is 10.8. The van der Waals surface area contributed by atoms with Gasteiger partial charge in [-0.3, -0.25) is 14.7 Å². The number of halogens is 3. The van der Waals surface area contributed by atoms with Crippen molar-refractivity contribution in [2.24, 2.45) is 5.73 Å². The molecule has 0 bridgehead atoms. The lowest BCUT2D eigenvalue weighted by atomic mass is 10.1. The Hall–Kier alpha value is -2.91. The molecule has 0 aliphatic carbocycles. The zero-order chi connectivity index (χ0) is 25.4. The van der Waals surface area contributed by atoms with Gasteiger partial charge in [-0.05, 0) is 35.7 Å². The van der Waals surface area contributed by atoms with Gasteiger partial charge in [0.2, 0.25) is 5.91 Å². The van der Waals surface area contributed by atoms with Crippen molar-refractivity contribution in [2.75, 3.05) is 18.5 Å². The minimum Gasteiger partial charge on any atom is -0.322 e. The van der Waals surface area contributed by atoms with Gasteiger partial charge in [0, 0.05) is 24.2 Å². The Balaban J connectivity index is 1.79. The molecule has 0 saturated heterocycles. The first kappa shape index (κ1) is 25.2. The molecule has 2 aromatic rings. The molecule has 0 saturated carbocycles. The van der Waals surface area contributed by atoms with Gasteiger partial charge in [0.1, 0.15) is 17.1 Å². The molecule has 0 aromatic heterocycles. The van der Waals surface area contributed by atoms with Crippen LogP contribution in [0.15, 0.2) is 41.2 Å². The summed E-state index contributed by atoms with van der Waals surface area (Å²) in [4.78, 5) is 35.4. The van der Waals surface area contributed by atoms with Crippen LogP contribution in [0.5, 0.6) is 0 Å². The predicted molar refractivity (Wildman–Crippen MR) is 139 cm³/mol. The number of aromatic amines is 1. The van der Waals surface area contributed by atoms with Crippen molar-refractivity contribution < 1.29 is 4.79 Å². The van der Waals surface area contributed by atoms with Crippen LogP contribution < -0.4 is 16.2 Å². The number of carbonyl (C=O) groups excluding carboxylic acids is 1. The van der Waals surface area contributed by atoms with Crippen molar-refractivity contribution in [2.45, 2.75) is 26.2 Å². The van der Waals surface area contributed by atoms with Crippen LogP contribution in [0.1, 0.15) is 36.8 Å². The number of hydrogen-bond donors (Lipinski definition) is 2. The number of likely N-dealkylation sites (N-methyl/N-ethyl adjacent to an activating group) is 1. The van der Waals surface area contributed by atoms with Gasteiger partial charge >= 0.3 is 0 Å².